The number of Topliss-reactive ketones (excluding diaryl/α,β-unsaturated/α-hetero) is 1. The second-order valence-corrected chi connectivity index (χ2v) is 7.57. The van der Waals surface area contributed by atoms with E-state index >= 15 is 0 Å². The third-order valence-corrected chi connectivity index (χ3v) is 4.89. The number of esters is 1. The summed E-state index contributed by atoms with van der Waals surface area (Å²) in [5.41, 5.74) is 1.59. The maximum Gasteiger partial charge on any atom is 0.344 e. The van der Waals surface area contributed by atoms with E-state index in [4.69, 9.17) is 13.9 Å². The first kappa shape index (κ1) is 23.7. The molecule has 1 unspecified atom stereocenters. The number of aryl methyl sites for hydroxylation is 1. The SMILES string of the molecule is CCCC(=O)Nc1ccc(C(=O)C(C)OC(=O)COc2ccc3c(C)cc(=O)oc3c2)cc1. The smallest absolute Gasteiger partial charge is 0.344 e. The van der Waals surface area contributed by atoms with Crippen LogP contribution in [0.25, 0.3) is 11.0 Å². The fraction of sp³-hybridized carbons (Fsp3) is 0.280. The molecule has 8 heteroatoms. The highest BCUT2D eigenvalue weighted by molar-refractivity contribution is 6.01. The van der Waals surface area contributed by atoms with Gasteiger partial charge in [-0.05, 0) is 62.2 Å². The van der Waals surface area contributed by atoms with Crippen LogP contribution < -0.4 is 15.7 Å². The predicted molar refractivity (Wildman–Crippen MR) is 123 cm³/mol. The van der Waals surface area contributed by atoms with Crippen molar-refractivity contribution in [2.75, 3.05) is 11.9 Å². The molecule has 33 heavy (non-hydrogen) atoms. The maximum absolute atomic E-state index is 12.6. The number of benzene rings is 2. The van der Waals surface area contributed by atoms with Crippen LogP contribution in [0.2, 0.25) is 0 Å². The molecule has 3 rings (SSSR count). The summed E-state index contributed by atoms with van der Waals surface area (Å²) in [6.45, 7) is 4.77. The minimum absolute atomic E-state index is 0.0948. The Kier molecular flexibility index (Phi) is 7.61. The van der Waals surface area contributed by atoms with Gasteiger partial charge in [0.1, 0.15) is 11.3 Å². The molecule has 0 aliphatic carbocycles. The summed E-state index contributed by atoms with van der Waals surface area (Å²) in [6.07, 6.45) is 0.147. The molecule has 0 bridgehead atoms. The Labute approximate surface area is 190 Å². The van der Waals surface area contributed by atoms with Crippen molar-refractivity contribution in [3.63, 3.8) is 0 Å². The molecular formula is C25H25NO7. The summed E-state index contributed by atoms with van der Waals surface area (Å²) in [7, 11) is 0. The largest absolute Gasteiger partial charge is 0.482 e. The van der Waals surface area contributed by atoms with Gasteiger partial charge in [-0.15, -0.1) is 0 Å². The van der Waals surface area contributed by atoms with Crippen molar-refractivity contribution in [2.45, 2.75) is 39.7 Å². The van der Waals surface area contributed by atoms with Crippen molar-refractivity contribution in [1.82, 2.24) is 0 Å². The number of ether oxygens (including phenoxy) is 2. The lowest BCUT2D eigenvalue weighted by Gasteiger charge is -2.13. The van der Waals surface area contributed by atoms with Crippen LogP contribution in [0.3, 0.4) is 0 Å². The highest BCUT2D eigenvalue weighted by atomic mass is 16.6. The van der Waals surface area contributed by atoms with E-state index in [0.717, 1.165) is 17.4 Å². The van der Waals surface area contributed by atoms with Crippen LogP contribution >= 0.6 is 0 Å². The van der Waals surface area contributed by atoms with E-state index in [0.29, 0.717) is 29.0 Å². The Morgan fingerprint density at radius 3 is 2.48 bits per heavy atom. The normalized spacial score (nSPS) is 11.6. The third-order valence-electron chi connectivity index (χ3n) is 4.89. The number of rotatable bonds is 9. The Bertz CT molecular complexity index is 1230. The standard InChI is InChI=1S/C25H25NO7/c1-4-5-22(27)26-18-8-6-17(7-9-18)25(30)16(3)32-24(29)14-31-19-10-11-20-15(2)12-23(28)33-21(20)13-19/h6-13,16H,4-5,14H2,1-3H3,(H,26,27). The number of anilines is 1. The van der Waals surface area contributed by atoms with Crippen LogP contribution in [0.1, 0.15) is 42.6 Å². The van der Waals surface area contributed by atoms with Crippen molar-refractivity contribution in [1.29, 1.82) is 0 Å². The second-order valence-electron chi connectivity index (χ2n) is 7.57. The van der Waals surface area contributed by atoms with Crippen LogP contribution in [-0.2, 0) is 14.3 Å². The van der Waals surface area contributed by atoms with E-state index in [1.165, 1.54) is 19.1 Å². The Balaban J connectivity index is 1.54. The van der Waals surface area contributed by atoms with Crippen molar-refractivity contribution in [2.24, 2.45) is 0 Å². The van der Waals surface area contributed by atoms with Crippen LogP contribution in [-0.4, -0.2) is 30.4 Å². The van der Waals surface area contributed by atoms with Gasteiger partial charge in [0.05, 0.1) is 0 Å². The third kappa shape index (κ3) is 6.29. The minimum Gasteiger partial charge on any atom is -0.482 e. The van der Waals surface area contributed by atoms with Gasteiger partial charge in [-0.25, -0.2) is 9.59 Å². The minimum atomic E-state index is -1.01. The average molecular weight is 451 g/mol. The lowest BCUT2D eigenvalue weighted by Crippen LogP contribution is -2.27. The number of nitrogens with one attached hydrogen (secondary N) is 1. The molecule has 1 amide bonds. The van der Waals surface area contributed by atoms with Gasteiger partial charge in [0.2, 0.25) is 11.7 Å². The molecule has 1 N–H and O–H groups in total. The van der Waals surface area contributed by atoms with Crippen LogP contribution in [0, 0.1) is 6.92 Å². The van der Waals surface area contributed by atoms with E-state index in [1.54, 1.807) is 43.3 Å². The molecule has 1 aromatic heterocycles. The lowest BCUT2D eigenvalue weighted by molar-refractivity contribution is -0.148. The topological polar surface area (TPSA) is 112 Å². The van der Waals surface area contributed by atoms with Gasteiger partial charge in [-0.2, -0.15) is 0 Å². The number of carbonyl (C=O) groups excluding carboxylic acids is 3. The molecule has 172 valence electrons. The molecule has 1 heterocycles. The first-order valence-corrected chi connectivity index (χ1v) is 10.6. The van der Waals surface area contributed by atoms with Crippen molar-refractivity contribution in [3.8, 4) is 5.75 Å². The molecule has 2 aromatic carbocycles. The molecule has 8 nitrogen and oxygen atoms in total. The molecular weight excluding hydrogens is 426 g/mol. The number of hydrogen-bond acceptors (Lipinski definition) is 7. The maximum atomic E-state index is 12.6. The molecule has 0 radical (unpaired) electrons. The summed E-state index contributed by atoms with van der Waals surface area (Å²) in [5.74, 6) is -0.863. The molecule has 0 saturated heterocycles. The van der Waals surface area contributed by atoms with Gasteiger partial charge in [0.25, 0.3) is 0 Å². The van der Waals surface area contributed by atoms with Gasteiger partial charge in [-0.3, -0.25) is 9.59 Å². The number of amides is 1. The van der Waals surface area contributed by atoms with Crippen molar-refractivity contribution in [3.05, 3.63) is 70.1 Å². The zero-order valence-electron chi connectivity index (χ0n) is 18.7. The molecule has 0 aliphatic heterocycles. The number of fused-ring (bicyclic) bond motifs is 1. The molecule has 0 aliphatic rings. The summed E-state index contributed by atoms with van der Waals surface area (Å²) < 4.78 is 15.8. The van der Waals surface area contributed by atoms with Crippen molar-refractivity contribution < 1.29 is 28.3 Å². The van der Waals surface area contributed by atoms with Crippen LogP contribution in [0.5, 0.6) is 5.75 Å². The zero-order valence-corrected chi connectivity index (χ0v) is 18.7. The average Bonchev–Trinajstić information content (AvgIpc) is 2.77. The second kappa shape index (κ2) is 10.6. The summed E-state index contributed by atoms with van der Waals surface area (Å²) in [4.78, 5) is 47.9. The highest BCUT2D eigenvalue weighted by Crippen LogP contribution is 2.22. The van der Waals surface area contributed by atoms with E-state index in [2.05, 4.69) is 5.32 Å². The van der Waals surface area contributed by atoms with Crippen LogP contribution in [0.15, 0.2) is 57.7 Å². The quantitative estimate of drug-likeness (QED) is 0.297. The Morgan fingerprint density at radius 2 is 1.79 bits per heavy atom. The Hall–Kier alpha value is -3.94. The summed E-state index contributed by atoms with van der Waals surface area (Å²) in [5, 5.41) is 3.51. The molecule has 0 fully saturated rings. The number of carbonyl (C=O) groups is 3. The first-order chi connectivity index (χ1) is 15.8. The van der Waals surface area contributed by atoms with Gasteiger partial charge in [-0.1, -0.05) is 6.92 Å². The highest BCUT2D eigenvalue weighted by Gasteiger charge is 2.20. The predicted octanol–water partition coefficient (Wildman–Crippen LogP) is 4.03. The first-order valence-electron chi connectivity index (χ1n) is 10.6. The van der Waals surface area contributed by atoms with Gasteiger partial charge >= 0.3 is 11.6 Å². The van der Waals surface area contributed by atoms with Crippen LogP contribution in [0.4, 0.5) is 5.69 Å². The van der Waals surface area contributed by atoms with Gasteiger partial charge in [0.15, 0.2) is 12.7 Å². The fourth-order valence-electron chi connectivity index (χ4n) is 3.23. The lowest BCUT2D eigenvalue weighted by atomic mass is 10.1. The van der Waals surface area contributed by atoms with Gasteiger partial charge < -0.3 is 19.2 Å². The van der Waals surface area contributed by atoms with E-state index in [9.17, 15) is 19.2 Å². The molecule has 0 saturated carbocycles. The molecule has 1 atom stereocenters. The molecule has 3 aromatic rings. The fourth-order valence-corrected chi connectivity index (χ4v) is 3.23. The van der Waals surface area contributed by atoms with Crippen molar-refractivity contribution >= 4 is 34.3 Å². The molecule has 0 spiro atoms. The Morgan fingerprint density at radius 1 is 1.06 bits per heavy atom. The number of hydrogen-bond donors (Lipinski definition) is 1. The monoisotopic (exact) mass is 451 g/mol. The summed E-state index contributed by atoms with van der Waals surface area (Å²) >= 11 is 0. The zero-order chi connectivity index (χ0) is 24.0. The number of ketones is 1. The van der Waals surface area contributed by atoms with E-state index in [-0.39, 0.29) is 11.7 Å². The van der Waals surface area contributed by atoms with Gasteiger partial charge in [0, 0.05) is 35.2 Å². The summed E-state index contributed by atoms with van der Waals surface area (Å²) in [6, 6.07) is 12.7. The van der Waals surface area contributed by atoms with E-state index in [1.807, 2.05) is 6.92 Å². The van der Waals surface area contributed by atoms with E-state index < -0.39 is 24.3 Å².